The molecule has 0 aliphatic carbocycles. The zero-order chi connectivity index (χ0) is 8.55. The summed E-state index contributed by atoms with van der Waals surface area (Å²) in [6.45, 7) is 0. The summed E-state index contributed by atoms with van der Waals surface area (Å²) in [5, 5.41) is 0.780. The first-order valence-electron chi connectivity index (χ1n) is 3.83. The third kappa shape index (κ3) is 7.16. The number of aryl methyl sites for hydroxylation is 1. The van der Waals surface area contributed by atoms with Gasteiger partial charge in [0.25, 0.3) is 0 Å². The van der Waals surface area contributed by atoms with Crippen molar-refractivity contribution in [3.8, 4) is 0 Å². The molecule has 1 aromatic carbocycles. The summed E-state index contributed by atoms with van der Waals surface area (Å²) >= 11 is 0. The average Bonchev–Trinajstić information content (AvgIpc) is 2.12. The van der Waals surface area contributed by atoms with Crippen molar-refractivity contribution < 1.29 is 84.9 Å². The second kappa shape index (κ2) is 14.7. The molecule has 1 heterocycles. The minimum atomic E-state index is 0. The van der Waals surface area contributed by atoms with Crippen LogP contribution in [0.3, 0.4) is 0 Å². The summed E-state index contributed by atoms with van der Waals surface area (Å²) in [5.41, 5.74) is 1.06. The third-order valence-electron chi connectivity index (χ3n) is 2.00. The molecule has 5 heteroatoms. The van der Waals surface area contributed by atoms with Crippen LogP contribution in [0.15, 0.2) is 41.3 Å². The van der Waals surface area contributed by atoms with Gasteiger partial charge in [-0.05, 0) is 12.1 Å². The zero-order valence-corrected chi connectivity index (χ0v) is 21.2. The Morgan fingerprint density at radius 3 is 2.00 bits per heavy atom. The van der Waals surface area contributed by atoms with Gasteiger partial charge in [0.2, 0.25) is 0 Å². The number of fused-ring (bicyclic) bond motifs is 1. The van der Waals surface area contributed by atoms with Gasteiger partial charge in [-0.1, -0.05) is 12.1 Å². The van der Waals surface area contributed by atoms with Crippen molar-refractivity contribution in [1.82, 2.24) is 4.57 Å². The quantitative estimate of drug-likeness (QED) is 0.386. The van der Waals surface area contributed by atoms with Crippen LogP contribution < -0.4 is 5.43 Å². The Balaban J connectivity index is -0.0000000939. The van der Waals surface area contributed by atoms with Crippen molar-refractivity contribution in [2.75, 3.05) is 0 Å². The maximum absolute atomic E-state index is 11.3. The largest absolute Gasteiger partial charge is 2.00 e. The van der Waals surface area contributed by atoms with Crippen LogP contribution in [0.1, 0.15) is 0 Å². The normalized spacial score (nSPS) is 6.94. The topological polar surface area (TPSA) is 22.0 Å². The van der Waals surface area contributed by atoms with E-state index in [1.165, 1.54) is 0 Å². The van der Waals surface area contributed by atoms with Crippen molar-refractivity contribution in [2.45, 2.75) is 0 Å². The van der Waals surface area contributed by atoms with Crippen molar-refractivity contribution in [2.24, 2.45) is 7.05 Å². The molecule has 1 radical (unpaired) electrons. The number of nitrogens with zero attached hydrogens (tertiary/aromatic N) is 1. The molecule has 0 unspecified atom stereocenters. The summed E-state index contributed by atoms with van der Waals surface area (Å²) in [5.74, 6) is 0. The predicted octanol–water partition coefficient (Wildman–Crippen LogP) is 2.88. The van der Waals surface area contributed by atoms with E-state index < -0.39 is 0 Å². The van der Waals surface area contributed by atoms with Crippen LogP contribution in [0.25, 0.3) is 10.9 Å². The van der Waals surface area contributed by atoms with Crippen molar-refractivity contribution in [3.05, 3.63) is 69.0 Å². The van der Waals surface area contributed by atoms with E-state index in [1.54, 1.807) is 12.3 Å². The molecule has 0 atom stereocenters. The fourth-order valence-corrected chi connectivity index (χ4v) is 1.34. The number of benzene rings is 1. The van der Waals surface area contributed by atoms with E-state index in [9.17, 15) is 4.79 Å². The van der Waals surface area contributed by atoms with Crippen molar-refractivity contribution in [3.63, 3.8) is 0 Å². The molecule has 0 saturated heterocycles. The minimum absolute atomic E-state index is 0. The minimum Gasteiger partial charge on any atom is -0.358 e. The Bertz CT molecular complexity index is 488. The maximum Gasteiger partial charge on any atom is 2.00 e. The maximum atomic E-state index is 11.3. The first-order valence-corrected chi connectivity index (χ1v) is 3.83. The van der Waals surface area contributed by atoms with Gasteiger partial charge in [0.15, 0.2) is 5.43 Å². The van der Waals surface area contributed by atoms with Gasteiger partial charge in [-0.3, -0.25) is 4.79 Å². The van der Waals surface area contributed by atoms with Gasteiger partial charge in [0, 0.05) is 78.5 Å². The molecule has 0 saturated carbocycles. The van der Waals surface area contributed by atoms with E-state index in [2.05, 4.69) is 0 Å². The van der Waals surface area contributed by atoms with E-state index in [0.29, 0.717) is 0 Å². The zero-order valence-electron chi connectivity index (χ0n) is 11.3. The summed E-state index contributed by atoms with van der Waals surface area (Å²) in [4.78, 5) is 11.3. The van der Waals surface area contributed by atoms with Crippen molar-refractivity contribution in [1.29, 1.82) is 0 Å². The van der Waals surface area contributed by atoms with Gasteiger partial charge in [-0.2, -0.15) is 0 Å². The van der Waals surface area contributed by atoms with E-state index in [0.717, 1.165) is 10.9 Å². The molecule has 2 rings (SSSR count). The van der Waals surface area contributed by atoms with Gasteiger partial charge >= 0.3 is 31.1 Å². The van der Waals surface area contributed by atoms with Gasteiger partial charge in [-0.15, -0.1) is 0 Å². The number of para-hydroxylation sites is 1. The Morgan fingerprint density at radius 2 is 1.50 bits per heavy atom. The molecule has 0 aliphatic heterocycles. The van der Waals surface area contributed by atoms with Crippen LogP contribution in [0.5, 0.6) is 0 Å². The Morgan fingerprint density at radius 1 is 1.00 bits per heavy atom. The molecule has 1 aromatic heterocycles. The summed E-state index contributed by atoms with van der Waals surface area (Å²) in [7, 11) is 1.93. The molecule has 0 fully saturated rings. The van der Waals surface area contributed by atoms with Crippen LogP contribution in [-0.2, 0) is 60.8 Å². The monoisotopic (exact) mass is 715 g/mol. The summed E-state index contributed by atoms with van der Waals surface area (Å²) in [6, 6.07) is 9.18. The van der Waals surface area contributed by atoms with Crippen LogP contribution in [0.2, 0.25) is 0 Å². The molecule has 0 N–H and O–H groups in total. The standard InChI is InChI=1S/C10H9NO.3CH3.U.W.Y/c1-11-7-6-10(12)8-4-2-3-5-9(8)11;;;;;;/h2-7H,1H3;3*1H3;;;/q;3*-1;+2;;. The predicted molar refractivity (Wildman–Crippen MR) is 68.4 cm³/mol. The smallest absolute Gasteiger partial charge is 0.358 e. The van der Waals surface area contributed by atoms with Crippen LogP contribution in [-0.4, -0.2) is 4.57 Å². The molecule has 0 bridgehead atoms. The number of rotatable bonds is 0. The molecule has 0 amide bonds. The van der Waals surface area contributed by atoms with E-state index >= 15 is 0 Å². The van der Waals surface area contributed by atoms with E-state index in [-0.39, 0.29) is 113 Å². The first-order chi connectivity index (χ1) is 5.79. The van der Waals surface area contributed by atoms with Crippen LogP contribution in [0.4, 0.5) is 0 Å². The summed E-state index contributed by atoms with van der Waals surface area (Å²) in [6.07, 6.45) is 1.78. The van der Waals surface area contributed by atoms with E-state index in [4.69, 9.17) is 0 Å². The van der Waals surface area contributed by atoms with E-state index in [1.807, 2.05) is 35.9 Å². The third-order valence-corrected chi connectivity index (χ3v) is 2.00. The van der Waals surface area contributed by atoms with Gasteiger partial charge < -0.3 is 26.8 Å². The second-order valence-electron chi connectivity index (χ2n) is 2.81. The molecule has 0 aliphatic rings. The Kier molecular flexibility index (Phi) is 25.8. The molecule has 0 spiro atoms. The van der Waals surface area contributed by atoms with Crippen LogP contribution >= 0.6 is 0 Å². The molecular formula is C13H18NOUWY-. The number of pyridine rings is 1. The fraction of sp³-hybridized carbons (Fsp3) is 0.0769. The number of hydrogen-bond donors (Lipinski definition) is 0. The molecule has 95 valence electrons. The SMILES string of the molecule is Cn1ccc(=O)c2ccccc21.[CH3-].[CH3-].[CH3-].[U+2].[W].[Y]. The molecular weight excluding hydrogens is 697 g/mol. The Hall–Kier alpha value is 1.27. The molecule has 18 heavy (non-hydrogen) atoms. The average molecular weight is 715 g/mol. The van der Waals surface area contributed by atoms with Gasteiger partial charge in [0.05, 0.1) is 5.52 Å². The number of aromatic nitrogens is 1. The number of hydrogen-bond acceptors (Lipinski definition) is 1. The summed E-state index contributed by atoms with van der Waals surface area (Å²) < 4.78 is 1.94. The molecule has 2 nitrogen and oxygen atoms in total. The second-order valence-corrected chi connectivity index (χ2v) is 2.81. The van der Waals surface area contributed by atoms with Crippen LogP contribution in [0, 0.1) is 53.4 Å². The van der Waals surface area contributed by atoms with Gasteiger partial charge in [0.1, 0.15) is 0 Å². The first kappa shape index (κ1) is 31.6. The molecule has 2 aromatic rings. The van der Waals surface area contributed by atoms with Crippen molar-refractivity contribution >= 4 is 10.9 Å². The van der Waals surface area contributed by atoms with Gasteiger partial charge in [-0.25, -0.2) is 0 Å². The Labute approximate surface area is 174 Å². The fourth-order valence-electron chi connectivity index (χ4n) is 1.34.